The Labute approximate surface area is 129 Å². The van der Waals surface area contributed by atoms with Crippen LogP contribution in [0.3, 0.4) is 0 Å². The Kier molecular flexibility index (Phi) is 4.44. The fourth-order valence-corrected chi connectivity index (χ4v) is 2.31. The van der Waals surface area contributed by atoms with Crippen LogP contribution in [0.2, 0.25) is 0 Å². The quantitative estimate of drug-likeness (QED) is 0.689. The summed E-state index contributed by atoms with van der Waals surface area (Å²) in [6.07, 6.45) is 1.08. The van der Waals surface area contributed by atoms with Gasteiger partial charge in [0.1, 0.15) is 0 Å². The summed E-state index contributed by atoms with van der Waals surface area (Å²) in [5, 5.41) is 0. The first-order chi connectivity index (χ1) is 9.44. The van der Waals surface area contributed by atoms with Crippen molar-refractivity contribution < 1.29 is 4.79 Å². The van der Waals surface area contributed by atoms with Crippen molar-refractivity contribution in [3.8, 4) is 0 Å². The molecule has 20 heavy (non-hydrogen) atoms. The zero-order valence-corrected chi connectivity index (χ0v) is 13.7. The molecule has 0 bridgehead atoms. The van der Waals surface area contributed by atoms with Crippen LogP contribution in [0.15, 0.2) is 53.0 Å². The lowest BCUT2D eigenvalue weighted by Gasteiger charge is -2.23. The first kappa shape index (κ1) is 15.0. The molecule has 0 unspecified atom stereocenters. The Bertz CT molecular complexity index is 594. The van der Waals surface area contributed by atoms with E-state index in [0.29, 0.717) is 0 Å². The third-order valence-corrected chi connectivity index (χ3v) is 4.45. The smallest absolute Gasteiger partial charge is 0.193 e. The van der Waals surface area contributed by atoms with Gasteiger partial charge in [-0.15, -0.1) is 0 Å². The van der Waals surface area contributed by atoms with Crippen molar-refractivity contribution in [2.45, 2.75) is 32.6 Å². The minimum Gasteiger partial charge on any atom is -0.289 e. The van der Waals surface area contributed by atoms with E-state index in [1.807, 2.05) is 36.4 Å². The zero-order valence-electron chi connectivity index (χ0n) is 12.1. The molecule has 0 saturated heterocycles. The van der Waals surface area contributed by atoms with Gasteiger partial charge in [0.2, 0.25) is 0 Å². The topological polar surface area (TPSA) is 17.1 Å². The molecule has 0 amide bonds. The SMILES string of the molecule is CCC(C)(C)c1ccc(C(=O)c2ccc(Br)cc2)cc1. The molecule has 2 aromatic rings. The van der Waals surface area contributed by atoms with Gasteiger partial charge < -0.3 is 0 Å². The number of hydrogen-bond acceptors (Lipinski definition) is 1. The fourth-order valence-electron chi connectivity index (χ4n) is 2.04. The highest BCUT2D eigenvalue weighted by molar-refractivity contribution is 9.10. The van der Waals surface area contributed by atoms with Crippen LogP contribution in [-0.4, -0.2) is 5.78 Å². The summed E-state index contributed by atoms with van der Waals surface area (Å²) in [5.74, 6) is 0.0679. The highest BCUT2D eigenvalue weighted by Crippen LogP contribution is 2.27. The molecule has 0 saturated carbocycles. The molecule has 0 aromatic heterocycles. The van der Waals surface area contributed by atoms with Crippen LogP contribution in [0.5, 0.6) is 0 Å². The molecule has 0 aliphatic rings. The second kappa shape index (κ2) is 5.92. The molecule has 0 atom stereocenters. The average Bonchev–Trinajstić information content (AvgIpc) is 2.47. The second-order valence-electron chi connectivity index (χ2n) is 5.65. The van der Waals surface area contributed by atoms with Gasteiger partial charge in [-0.1, -0.05) is 61.0 Å². The van der Waals surface area contributed by atoms with Gasteiger partial charge >= 0.3 is 0 Å². The second-order valence-corrected chi connectivity index (χ2v) is 6.57. The number of ketones is 1. The Balaban J connectivity index is 2.26. The van der Waals surface area contributed by atoms with E-state index in [2.05, 4.69) is 48.8 Å². The van der Waals surface area contributed by atoms with Gasteiger partial charge in [-0.05, 0) is 41.7 Å². The number of carbonyl (C=O) groups excluding carboxylic acids is 1. The first-order valence-corrected chi connectivity index (χ1v) is 7.64. The summed E-state index contributed by atoms with van der Waals surface area (Å²) in [6, 6.07) is 15.5. The van der Waals surface area contributed by atoms with Crippen LogP contribution in [0.25, 0.3) is 0 Å². The van der Waals surface area contributed by atoms with Crippen molar-refractivity contribution in [3.63, 3.8) is 0 Å². The van der Waals surface area contributed by atoms with Gasteiger partial charge in [0, 0.05) is 15.6 Å². The normalized spacial score (nSPS) is 11.4. The number of halogens is 1. The lowest BCUT2D eigenvalue weighted by Crippen LogP contribution is -2.15. The first-order valence-electron chi connectivity index (χ1n) is 6.85. The number of benzene rings is 2. The van der Waals surface area contributed by atoms with Gasteiger partial charge in [-0.25, -0.2) is 0 Å². The lowest BCUT2D eigenvalue weighted by molar-refractivity contribution is 0.103. The van der Waals surface area contributed by atoms with Crippen molar-refractivity contribution in [1.29, 1.82) is 0 Å². The Morgan fingerprint density at radius 2 is 1.40 bits per heavy atom. The van der Waals surface area contributed by atoms with Crippen molar-refractivity contribution >= 4 is 21.7 Å². The van der Waals surface area contributed by atoms with Crippen molar-refractivity contribution in [2.24, 2.45) is 0 Å². The minimum absolute atomic E-state index is 0.0679. The largest absolute Gasteiger partial charge is 0.289 e. The van der Waals surface area contributed by atoms with Crippen LogP contribution in [0.4, 0.5) is 0 Å². The molecular weight excluding hydrogens is 312 g/mol. The molecule has 0 heterocycles. The molecule has 0 spiro atoms. The number of carbonyl (C=O) groups is 1. The molecule has 2 rings (SSSR count). The zero-order chi connectivity index (χ0) is 14.8. The van der Waals surface area contributed by atoms with Crippen LogP contribution >= 0.6 is 15.9 Å². The van der Waals surface area contributed by atoms with E-state index in [4.69, 9.17) is 0 Å². The molecule has 0 radical (unpaired) electrons. The van der Waals surface area contributed by atoms with Crippen LogP contribution < -0.4 is 0 Å². The maximum atomic E-state index is 12.4. The summed E-state index contributed by atoms with van der Waals surface area (Å²) in [4.78, 5) is 12.4. The molecular formula is C18H19BrO. The monoisotopic (exact) mass is 330 g/mol. The van der Waals surface area contributed by atoms with Crippen molar-refractivity contribution in [3.05, 3.63) is 69.7 Å². The Hall–Kier alpha value is -1.41. The summed E-state index contributed by atoms with van der Waals surface area (Å²) in [6.45, 7) is 6.62. The average molecular weight is 331 g/mol. The fraction of sp³-hybridized carbons (Fsp3) is 0.278. The van der Waals surface area contributed by atoms with E-state index in [0.717, 1.165) is 22.0 Å². The lowest BCUT2D eigenvalue weighted by atomic mass is 9.82. The standard InChI is InChI=1S/C18H19BrO/c1-4-18(2,3)15-9-5-13(6-10-15)17(20)14-7-11-16(19)12-8-14/h5-12H,4H2,1-3H3. The number of rotatable bonds is 4. The van der Waals surface area contributed by atoms with Crippen molar-refractivity contribution in [1.82, 2.24) is 0 Å². The Morgan fingerprint density at radius 1 is 0.950 bits per heavy atom. The maximum absolute atomic E-state index is 12.4. The Morgan fingerprint density at radius 3 is 1.85 bits per heavy atom. The van der Waals surface area contributed by atoms with Gasteiger partial charge in [-0.2, -0.15) is 0 Å². The molecule has 0 N–H and O–H groups in total. The highest BCUT2D eigenvalue weighted by Gasteiger charge is 2.18. The number of hydrogen-bond donors (Lipinski definition) is 0. The van der Waals surface area contributed by atoms with E-state index in [1.165, 1.54) is 5.56 Å². The van der Waals surface area contributed by atoms with E-state index in [1.54, 1.807) is 0 Å². The molecule has 1 nitrogen and oxygen atoms in total. The van der Waals surface area contributed by atoms with Crippen LogP contribution in [-0.2, 0) is 5.41 Å². The molecule has 0 aliphatic heterocycles. The van der Waals surface area contributed by atoms with E-state index in [-0.39, 0.29) is 11.2 Å². The summed E-state index contributed by atoms with van der Waals surface area (Å²) in [5.41, 5.74) is 2.88. The third-order valence-electron chi connectivity index (χ3n) is 3.92. The molecule has 0 aliphatic carbocycles. The van der Waals surface area contributed by atoms with Gasteiger partial charge in [-0.3, -0.25) is 4.79 Å². The van der Waals surface area contributed by atoms with Crippen LogP contribution in [0.1, 0.15) is 48.7 Å². The predicted octanol–water partition coefficient (Wildman–Crippen LogP) is 5.37. The highest BCUT2D eigenvalue weighted by atomic mass is 79.9. The predicted molar refractivity (Wildman–Crippen MR) is 87.3 cm³/mol. The van der Waals surface area contributed by atoms with Gasteiger partial charge in [0.25, 0.3) is 0 Å². The molecule has 0 fully saturated rings. The molecule has 104 valence electrons. The van der Waals surface area contributed by atoms with E-state index < -0.39 is 0 Å². The van der Waals surface area contributed by atoms with Gasteiger partial charge in [0.15, 0.2) is 5.78 Å². The third kappa shape index (κ3) is 3.18. The summed E-state index contributed by atoms with van der Waals surface area (Å²) < 4.78 is 0.981. The summed E-state index contributed by atoms with van der Waals surface area (Å²) >= 11 is 3.38. The molecule has 2 heteroatoms. The summed E-state index contributed by atoms with van der Waals surface area (Å²) in [7, 11) is 0. The van der Waals surface area contributed by atoms with E-state index >= 15 is 0 Å². The van der Waals surface area contributed by atoms with Gasteiger partial charge in [0.05, 0.1) is 0 Å². The maximum Gasteiger partial charge on any atom is 0.193 e. The molecule has 2 aromatic carbocycles. The van der Waals surface area contributed by atoms with Crippen molar-refractivity contribution in [2.75, 3.05) is 0 Å². The minimum atomic E-state index is 0.0679. The van der Waals surface area contributed by atoms with E-state index in [9.17, 15) is 4.79 Å². The van der Waals surface area contributed by atoms with Crippen LogP contribution in [0, 0.1) is 0 Å².